The fourth-order valence-corrected chi connectivity index (χ4v) is 2.78. The minimum atomic E-state index is -3.93. The SMILES string of the molecule is COC(=O)COc1cccc(NS(=O)(=O)c2cccc(F)c2)c1. The molecule has 2 aromatic rings. The summed E-state index contributed by atoms with van der Waals surface area (Å²) in [5, 5.41) is 0. The summed E-state index contributed by atoms with van der Waals surface area (Å²) in [5.74, 6) is -0.923. The third-order valence-electron chi connectivity index (χ3n) is 2.78. The highest BCUT2D eigenvalue weighted by molar-refractivity contribution is 7.92. The molecule has 0 amide bonds. The van der Waals surface area contributed by atoms with E-state index in [1.54, 1.807) is 12.1 Å². The van der Waals surface area contributed by atoms with Crippen molar-refractivity contribution in [3.8, 4) is 5.75 Å². The molecule has 0 bridgehead atoms. The highest BCUT2D eigenvalue weighted by Crippen LogP contribution is 2.21. The van der Waals surface area contributed by atoms with Gasteiger partial charge in [-0.05, 0) is 30.3 Å². The molecular formula is C15H14FNO5S. The van der Waals surface area contributed by atoms with Crippen LogP contribution in [0.1, 0.15) is 0 Å². The van der Waals surface area contributed by atoms with Crippen LogP contribution in [0.2, 0.25) is 0 Å². The molecule has 6 nitrogen and oxygen atoms in total. The van der Waals surface area contributed by atoms with Crippen molar-refractivity contribution < 1.29 is 27.1 Å². The summed E-state index contributed by atoms with van der Waals surface area (Å²) in [6.07, 6.45) is 0. The van der Waals surface area contributed by atoms with Crippen LogP contribution in [0.5, 0.6) is 5.75 Å². The molecule has 0 atom stereocenters. The first kappa shape index (κ1) is 16.8. The number of halogens is 1. The Morgan fingerprint density at radius 1 is 1.17 bits per heavy atom. The molecule has 0 aliphatic carbocycles. The van der Waals surface area contributed by atoms with Crippen LogP contribution in [0.3, 0.4) is 0 Å². The summed E-state index contributed by atoms with van der Waals surface area (Å²) in [6, 6.07) is 10.7. The summed E-state index contributed by atoms with van der Waals surface area (Å²) in [7, 11) is -2.69. The molecular weight excluding hydrogens is 325 g/mol. The quantitative estimate of drug-likeness (QED) is 0.816. The first-order valence-electron chi connectivity index (χ1n) is 6.49. The van der Waals surface area contributed by atoms with Crippen LogP contribution in [0, 0.1) is 5.82 Å². The highest BCUT2D eigenvalue weighted by atomic mass is 32.2. The molecule has 0 heterocycles. The maximum absolute atomic E-state index is 13.2. The number of methoxy groups -OCH3 is 1. The van der Waals surface area contributed by atoms with Gasteiger partial charge in [0.1, 0.15) is 11.6 Å². The predicted molar refractivity (Wildman–Crippen MR) is 81.2 cm³/mol. The second-order valence-corrected chi connectivity index (χ2v) is 6.14. The van der Waals surface area contributed by atoms with E-state index in [9.17, 15) is 17.6 Å². The van der Waals surface area contributed by atoms with Crippen LogP contribution in [0.25, 0.3) is 0 Å². The molecule has 0 spiro atoms. The Bertz CT molecular complexity index is 807. The standard InChI is InChI=1S/C15H14FNO5S/c1-21-15(18)10-22-13-6-3-5-12(9-13)17-23(19,20)14-7-2-4-11(16)8-14/h2-9,17H,10H2,1H3. The lowest BCUT2D eigenvalue weighted by Crippen LogP contribution is -2.14. The van der Waals surface area contributed by atoms with E-state index in [-0.39, 0.29) is 22.9 Å². The zero-order valence-corrected chi connectivity index (χ0v) is 13.0. The molecule has 0 saturated carbocycles. The molecule has 0 aliphatic heterocycles. The first-order valence-corrected chi connectivity index (χ1v) is 7.97. The molecule has 8 heteroatoms. The lowest BCUT2D eigenvalue weighted by atomic mass is 10.3. The summed E-state index contributed by atoms with van der Waals surface area (Å²) < 4.78 is 49.4. The molecule has 122 valence electrons. The van der Waals surface area contributed by atoms with Crippen molar-refractivity contribution in [3.05, 3.63) is 54.3 Å². The van der Waals surface area contributed by atoms with Crippen molar-refractivity contribution in [3.63, 3.8) is 0 Å². The number of nitrogens with one attached hydrogen (secondary N) is 1. The summed E-state index contributed by atoms with van der Waals surface area (Å²) >= 11 is 0. The Morgan fingerprint density at radius 2 is 1.91 bits per heavy atom. The van der Waals surface area contributed by atoms with E-state index in [1.807, 2.05) is 0 Å². The molecule has 2 aromatic carbocycles. The lowest BCUT2D eigenvalue weighted by molar-refractivity contribution is -0.142. The van der Waals surface area contributed by atoms with Crippen LogP contribution in [-0.2, 0) is 19.6 Å². The van der Waals surface area contributed by atoms with E-state index in [2.05, 4.69) is 9.46 Å². The van der Waals surface area contributed by atoms with Crippen molar-refractivity contribution in [1.29, 1.82) is 0 Å². The minimum Gasteiger partial charge on any atom is -0.482 e. The van der Waals surface area contributed by atoms with Crippen molar-refractivity contribution >= 4 is 21.7 Å². The van der Waals surface area contributed by atoms with E-state index in [0.717, 1.165) is 12.1 Å². The van der Waals surface area contributed by atoms with Crippen molar-refractivity contribution in [2.75, 3.05) is 18.4 Å². The number of anilines is 1. The van der Waals surface area contributed by atoms with E-state index in [1.165, 1.54) is 31.4 Å². The van der Waals surface area contributed by atoms with Crippen molar-refractivity contribution in [2.45, 2.75) is 4.90 Å². The third-order valence-corrected chi connectivity index (χ3v) is 4.16. The number of ether oxygens (including phenoxy) is 2. The Balaban J connectivity index is 2.15. The summed E-state index contributed by atoms with van der Waals surface area (Å²) in [5.41, 5.74) is 0.219. The van der Waals surface area contributed by atoms with Crippen LogP contribution in [-0.4, -0.2) is 28.1 Å². The normalized spacial score (nSPS) is 10.9. The van der Waals surface area contributed by atoms with Gasteiger partial charge in [-0.2, -0.15) is 0 Å². The van der Waals surface area contributed by atoms with Crippen LogP contribution < -0.4 is 9.46 Å². The zero-order valence-electron chi connectivity index (χ0n) is 12.2. The van der Waals surface area contributed by atoms with E-state index < -0.39 is 21.8 Å². The van der Waals surface area contributed by atoms with Crippen molar-refractivity contribution in [2.24, 2.45) is 0 Å². The van der Waals surface area contributed by atoms with Gasteiger partial charge in [0.05, 0.1) is 17.7 Å². The molecule has 23 heavy (non-hydrogen) atoms. The van der Waals surface area contributed by atoms with Crippen LogP contribution in [0.4, 0.5) is 10.1 Å². The number of rotatable bonds is 6. The van der Waals surface area contributed by atoms with Gasteiger partial charge in [0.25, 0.3) is 10.0 Å². The van der Waals surface area contributed by atoms with Gasteiger partial charge in [-0.25, -0.2) is 17.6 Å². The molecule has 0 fully saturated rings. The average Bonchev–Trinajstić information content (AvgIpc) is 2.52. The Labute approximate surface area is 132 Å². The molecule has 0 aliphatic rings. The Morgan fingerprint density at radius 3 is 2.61 bits per heavy atom. The van der Waals surface area contributed by atoms with E-state index in [4.69, 9.17) is 4.74 Å². The Kier molecular flexibility index (Phi) is 5.17. The van der Waals surface area contributed by atoms with Gasteiger partial charge in [0.2, 0.25) is 0 Å². The summed E-state index contributed by atoms with van der Waals surface area (Å²) in [4.78, 5) is 10.8. The number of sulfonamides is 1. The maximum Gasteiger partial charge on any atom is 0.343 e. The van der Waals surface area contributed by atoms with Gasteiger partial charge >= 0.3 is 5.97 Å². The highest BCUT2D eigenvalue weighted by Gasteiger charge is 2.15. The maximum atomic E-state index is 13.2. The minimum absolute atomic E-state index is 0.196. The van der Waals surface area contributed by atoms with Crippen molar-refractivity contribution in [1.82, 2.24) is 0 Å². The zero-order chi connectivity index (χ0) is 16.9. The molecule has 0 aromatic heterocycles. The molecule has 0 saturated heterocycles. The van der Waals surface area contributed by atoms with Gasteiger partial charge in [0, 0.05) is 6.07 Å². The fourth-order valence-electron chi connectivity index (χ4n) is 1.70. The lowest BCUT2D eigenvalue weighted by Gasteiger charge is -2.10. The number of carbonyl (C=O) groups is 1. The summed E-state index contributed by atoms with van der Waals surface area (Å²) in [6.45, 7) is -0.295. The first-order chi connectivity index (χ1) is 10.9. The second kappa shape index (κ2) is 7.10. The number of hydrogen-bond acceptors (Lipinski definition) is 5. The average molecular weight is 339 g/mol. The van der Waals surface area contributed by atoms with E-state index >= 15 is 0 Å². The molecule has 2 rings (SSSR count). The number of esters is 1. The van der Waals surface area contributed by atoms with Gasteiger partial charge in [-0.3, -0.25) is 4.72 Å². The molecule has 0 radical (unpaired) electrons. The number of hydrogen-bond donors (Lipinski definition) is 1. The van der Waals surface area contributed by atoms with Gasteiger partial charge in [-0.1, -0.05) is 12.1 Å². The predicted octanol–water partition coefficient (Wildman–Crippen LogP) is 2.18. The smallest absolute Gasteiger partial charge is 0.343 e. The van der Waals surface area contributed by atoms with Gasteiger partial charge < -0.3 is 9.47 Å². The van der Waals surface area contributed by atoms with Crippen LogP contribution >= 0.6 is 0 Å². The second-order valence-electron chi connectivity index (χ2n) is 4.46. The largest absolute Gasteiger partial charge is 0.482 e. The topological polar surface area (TPSA) is 81.7 Å². The number of carbonyl (C=O) groups excluding carboxylic acids is 1. The fraction of sp³-hybridized carbons (Fsp3) is 0.133. The van der Waals surface area contributed by atoms with Gasteiger partial charge in [-0.15, -0.1) is 0 Å². The molecule has 1 N–H and O–H groups in total. The van der Waals surface area contributed by atoms with Gasteiger partial charge in [0.15, 0.2) is 6.61 Å². The molecule has 0 unspecified atom stereocenters. The number of benzene rings is 2. The van der Waals surface area contributed by atoms with Crippen LogP contribution in [0.15, 0.2) is 53.4 Å². The third kappa shape index (κ3) is 4.68. The van der Waals surface area contributed by atoms with E-state index in [0.29, 0.717) is 0 Å². The monoisotopic (exact) mass is 339 g/mol. The Hall–Kier alpha value is -2.61.